The first-order valence-corrected chi connectivity index (χ1v) is 11.6. The molecule has 3 heterocycles. The van der Waals surface area contributed by atoms with Gasteiger partial charge in [0.2, 0.25) is 0 Å². The van der Waals surface area contributed by atoms with Crippen LogP contribution in [0.1, 0.15) is 39.9 Å². The summed E-state index contributed by atoms with van der Waals surface area (Å²) >= 11 is 0. The van der Waals surface area contributed by atoms with Crippen molar-refractivity contribution in [3.8, 4) is 0 Å². The summed E-state index contributed by atoms with van der Waals surface area (Å²) in [6.45, 7) is 5.95. The molecule has 0 spiro atoms. The number of pyridine rings is 1. The first-order chi connectivity index (χ1) is 15.7. The van der Waals surface area contributed by atoms with Gasteiger partial charge in [-0.05, 0) is 55.5 Å². The zero-order valence-corrected chi connectivity index (χ0v) is 18.6. The van der Waals surface area contributed by atoms with Gasteiger partial charge in [-0.3, -0.25) is 9.69 Å². The van der Waals surface area contributed by atoms with Gasteiger partial charge in [0.15, 0.2) is 0 Å². The fourth-order valence-corrected chi connectivity index (χ4v) is 4.88. The highest BCUT2D eigenvalue weighted by atomic mass is 16.2. The maximum Gasteiger partial charge on any atom is 0.262 e. The molecule has 1 amide bonds. The molecule has 1 fully saturated rings. The number of carbonyl (C=O) groups excluding carboxylic acids is 1. The number of rotatable bonds is 5. The van der Waals surface area contributed by atoms with Crippen molar-refractivity contribution in [1.82, 2.24) is 9.88 Å². The number of para-hydroxylation sites is 1. The quantitative estimate of drug-likeness (QED) is 0.644. The number of nitrogens with zero attached hydrogens (tertiary/aromatic N) is 3. The molecule has 2 aromatic carbocycles. The minimum absolute atomic E-state index is 0.0300. The largest absolute Gasteiger partial charge is 0.367 e. The van der Waals surface area contributed by atoms with Crippen LogP contribution in [0.25, 0.3) is 0 Å². The van der Waals surface area contributed by atoms with Crippen molar-refractivity contribution in [2.75, 3.05) is 29.9 Å². The lowest BCUT2D eigenvalue weighted by molar-refractivity contribution is 0.0989. The fourth-order valence-electron chi connectivity index (χ4n) is 4.88. The van der Waals surface area contributed by atoms with Crippen LogP contribution in [-0.4, -0.2) is 41.5 Å². The Morgan fingerprint density at radius 3 is 2.72 bits per heavy atom. The molecule has 0 bridgehead atoms. The molecule has 5 rings (SSSR count). The summed E-state index contributed by atoms with van der Waals surface area (Å²) in [4.78, 5) is 22.3. The molecule has 0 radical (unpaired) electrons. The van der Waals surface area contributed by atoms with Crippen LogP contribution in [-0.2, 0) is 13.0 Å². The summed E-state index contributed by atoms with van der Waals surface area (Å²) in [5, 5.41) is 3.59. The Kier molecular flexibility index (Phi) is 5.91. The van der Waals surface area contributed by atoms with E-state index in [1.807, 2.05) is 35.2 Å². The number of carbonyl (C=O) groups is 1. The number of hydrogen-bond donors (Lipinski definition) is 1. The average molecular weight is 427 g/mol. The van der Waals surface area contributed by atoms with Crippen LogP contribution in [0.15, 0.2) is 66.9 Å². The summed E-state index contributed by atoms with van der Waals surface area (Å²) in [6.07, 6.45) is 4.76. The van der Waals surface area contributed by atoms with Crippen LogP contribution in [0.4, 0.5) is 11.5 Å². The number of nitrogens with one attached hydrogen (secondary N) is 1. The van der Waals surface area contributed by atoms with E-state index in [0.717, 1.165) is 51.1 Å². The topological polar surface area (TPSA) is 48.5 Å². The summed E-state index contributed by atoms with van der Waals surface area (Å²) in [7, 11) is 0. The molecule has 3 aromatic rings. The van der Waals surface area contributed by atoms with Crippen LogP contribution >= 0.6 is 0 Å². The van der Waals surface area contributed by atoms with Gasteiger partial charge in [0, 0.05) is 44.1 Å². The Morgan fingerprint density at radius 1 is 1.03 bits per heavy atom. The molecule has 2 aliphatic rings. The van der Waals surface area contributed by atoms with Crippen LogP contribution in [0.3, 0.4) is 0 Å². The van der Waals surface area contributed by atoms with E-state index in [4.69, 9.17) is 0 Å². The number of anilines is 2. The van der Waals surface area contributed by atoms with Crippen molar-refractivity contribution in [2.24, 2.45) is 0 Å². The molecule has 5 nitrogen and oxygen atoms in total. The molecule has 164 valence electrons. The Hall–Kier alpha value is -3.18. The lowest BCUT2D eigenvalue weighted by Gasteiger charge is -2.33. The van der Waals surface area contributed by atoms with Crippen molar-refractivity contribution in [1.29, 1.82) is 0 Å². The second kappa shape index (κ2) is 9.13. The molecular weight excluding hydrogens is 396 g/mol. The molecule has 1 N–H and O–H groups in total. The van der Waals surface area contributed by atoms with Crippen LogP contribution < -0.4 is 10.2 Å². The first kappa shape index (κ1) is 20.7. The molecule has 1 aromatic heterocycles. The minimum Gasteiger partial charge on any atom is -0.367 e. The van der Waals surface area contributed by atoms with E-state index >= 15 is 0 Å². The highest BCUT2D eigenvalue weighted by molar-refractivity contribution is 6.10. The minimum atomic E-state index is 0.0300. The smallest absolute Gasteiger partial charge is 0.262 e. The van der Waals surface area contributed by atoms with Gasteiger partial charge < -0.3 is 10.2 Å². The molecular formula is C27H30N4O. The van der Waals surface area contributed by atoms with Gasteiger partial charge in [0.25, 0.3) is 5.91 Å². The molecule has 32 heavy (non-hydrogen) atoms. The number of hydrogen-bond acceptors (Lipinski definition) is 4. The van der Waals surface area contributed by atoms with Gasteiger partial charge in [-0.1, -0.05) is 48.0 Å². The van der Waals surface area contributed by atoms with E-state index in [-0.39, 0.29) is 5.91 Å². The fraction of sp³-hybridized carbons (Fsp3) is 0.333. The number of likely N-dealkylation sites (tertiary alicyclic amines) is 1. The van der Waals surface area contributed by atoms with E-state index in [1.54, 1.807) is 6.20 Å². The Labute approximate surface area is 190 Å². The number of benzene rings is 2. The normalized spacial score (nSPS) is 16.7. The molecule has 1 saturated heterocycles. The SMILES string of the molecule is Cc1cccc(CN2CCC(Nc3ncccc3C(=O)N3CCc4ccccc43)CC2)c1. The third-order valence-electron chi connectivity index (χ3n) is 6.59. The zero-order chi connectivity index (χ0) is 21.9. The third-order valence-corrected chi connectivity index (χ3v) is 6.59. The van der Waals surface area contributed by atoms with Gasteiger partial charge in [0.1, 0.15) is 5.82 Å². The monoisotopic (exact) mass is 426 g/mol. The van der Waals surface area contributed by atoms with Gasteiger partial charge in [-0.25, -0.2) is 4.98 Å². The predicted octanol–water partition coefficient (Wildman–Crippen LogP) is 4.67. The summed E-state index contributed by atoms with van der Waals surface area (Å²) < 4.78 is 0. The van der Waals surface area contributed by atoms with Crippen LogP contribution in [0, 0.1) is 6.92 Å². The average Bonchev–Trinajstić information content (AvgIpc) is 3.25. The van der Waals surface area contributed by atoms with E-state index in [0.29, 0.717) is 17.4 Å². The maximum absolute atomic E-state index is 13.4. The van der Waals surface area contributed by atoms with Crippen molar-refractivity contribution >= 4 is 17.4 Å². The second-order valence-corrected chi connectivity index (χ2v) is 8.92. The Balaban J connectivity index is 1.23. The van der Waals surface area contributed by atoms with Crippen LogP contribution in [0.5, 0.6) is 0 Å². The predicted molar refractivity (Wildman–Crippen MR) is 129 cm³/mol. The summed E-state index contributed by atoms with van der Waals surface area (Å²) in [5.41, 5.74) is 5.61. The highest BCUT2D eigenvalue weighted by Gasteiger charge is 2.28. The highest BCUT2D eigenvalue weighted by Crippen LogP contribution is 2.30. The Morgan fingerprint density at radius 2 is 1.88 bits per heavy atom. The molecule has 5 heteroatoms. The number of aromatic nitrogens is 1. The van der Waals surface area contributed by atoms with Crippen molar-refractivity contribution < 1.29 is 4.79 Å². The molecule has 0 saturated carbocycles. The Bertz CT molecular complexity index is 1100. The van der Waals surface area contributed by atoms with Gasteiger partial charge in [-0.15, -0.1) is 0 Å². The van der Waals surface area contributed by atoms with Gasteiger partial charge in [-0.2, -0.15) is 0 Å². The molecule has 2 aliphatic heterocycles. The third kappa shape index (κ3) is 4.39. The summed E-state index contributed by atoms with van der Waals surface area (Å²) in [6, 6.07) is 21.0. The molecule has 0 atom stereocenters. The molecule has 0 unspecified atom stereocenters. The van der Waals surface area contributed by atoms with Gasteiger partial charge >= 0.3 is 0 Å². The molecule has 0 aliphatic carbocycles. The van der Waals surface area contributed by atoms with E-state index in [9.17, 15) is 4.79 Å². The maximum atomic E-state index is 13.4. The van der Waals surface area contributed by atoms with Crippen molar-refractivity contribution in [2.45, 2.75) is 38.8 Å². The lowest BCUT2D eigenvalue weighted by atomic mass is 10.0. The number of aryl methyl sites for hydroxylation is 1. The zero-order valence-electron chi connectivity index (χ0n) is 18.6. The number of fused-ring (bicyclic) bond motifs is 1. The van der Waals surface area contributed by atoms with E-state index in [2.05, 4.69) is 52.5 Å². The first-order valence-electron chi connectivity index (χ1n) is 11.6. The van der Waals surface area contributed by atoms with Crippen molar-refractivity contribution in [3.63, 3.8) is 0 Å². The lowest BCUT2D eigenvalue weighted by Crippen LogP contribution is -2.39. The van der Waals surface area contributed by atoms with Gasteiger partial charge in [0.05, 0.1) is 5.56 Å². The van der Waals surface area contributed by atoms with Crippen molar-refractivity contribution in [3.05, 3.63) is 89.1 Å². The van der Waals surface area contributed by atoms with E-state index in [1.165, 1.54) is 16.7 Å². The van der Waals surface area contributed by atoms with Crippen LogP contribution in [0.2, 0.25) is 0 Å². The summed E-state index contributed by atoms with van der Waals surface area (Å²) in [5.74, 6) is 0.737. The second-order valence-electron chi connectivity index (χ2n) is 8.92. The van der Waals surface area contributed by atoms with E-state index < -0.39 is 0 Å². The standard InChI is InChI=1S/C27H30N4O/c1-20-6-4-7-21(18-20)19-30-15-12-23(13-16-30)29-26-24(9-5-14-28-26)27(32)31-17-11-22-8-2-3-10-25(22)31/h2-10,14,18,23H,11-13,15-17,19H2,1H3,(H,28,29). The number of amides is 1. The number of piperidine rings is 1.